The van der Waals surface area contributed by atoms with Crippen molar-refractivity contribution in [2.45, 2.75) is 52.2 Å². The number of hydrogen-bond acceptors (Lipinski definition) is 3. The van der Waals surface area contributed by atoms with Crippen LogP contribution in [-0.4, -0.2) is 24.5 Å². The van der Waals surface area contributed by atoms with Gasteiger partial charge in [0.05, 0.1) is 12.8 Å². The molecule has 1 N–H and O–H groups in total. The van der Waals surface area contributed by atoms with Crippen molar-refractivity contribution in [3.05, 3.63) is 23.7 Å². The molecule has 0 saturated heterocycles. The third-order valence-corrected chi connectivity index (χ3v) is 3.39. The second kappa shape index (κ2) is 6.39. The fourth-order valence-corrected chi connectivity index (χ4v) is 1.98. The van der Waals surface area contributed by atoms with Crippen LogP contribution in [0.3, 0.4) is 0 Å². The molecule has 0 amide bonds. The molecular weight excluding hydrogens is 224 g/mol. The second-order valence-corrected chi connectivity index (χ2v) is 6.00. The summed E-state index contributed by atoms with van der Waals surface area (Å²) in [6, 6.07) is 2.94. The quantitative estimate of drug-likeness (QED) is 0.769. The van der Waals surface area contributed by atoms with Gasteiger partial charge in [0.25, 0.3) is 0 Å². The molecule has 3 heteroatoms. The van der Waals surface area contributed by atoms with E-state index >= 15 is 0 Å². The lowest BCUT2D eigenvalue weighted by molar-refractivity contribution is 0.278. The van der Waals surface area contributed by atoms with Crippen molar-refractivity contribution in [1.29, 1.82) is 0 Å². The van der Waals surface area contributed by atoms with Gasteiger partial charge in [0.15, 0.2) is 0 Å². The van der Waals surface area contributed by atoms with Crippen molar-refractivity contribution in [2.24, 2.45) is 5.92 Å². The molecule has 1 aliphatic carbocycles. The van der Waals surface area contributed by atoms with E-state index in [2.05, 4.69) is 37.2 Å². The summed E-state index contributed by atoms with van der Waals surface area (Å²) < 4.78 is 5.61. The topological polar surface area (TPSA) is 28.4 Å². The Morgan fingerprint density at radius 2 is 2.22 bits per heavy atom. The van der Waals surface area contributed by atoms with Crippen LogP contribution in [0.15, 0.2) is 16.7 Å². The molecule has 0 spiro atoms. The zero-order valence-electron chi connectivity index (χ0n) is 11.9. The summed E-state index contributed by atoms with van der Waals surface area (Å²) in [5, 5.41) is 3.51. The monoisotopic (exact) mass is 250 g/mol. The Labute approximate surface area is 111 Å². The lowest BCUT2D eigenvalue weighted by Gasteiger charge is -2.16. The number of rotatable bonds is 8. The predicted octanol–water partition coefficient (Wildman–Crippen LogP) is 3.01. The van der Waals surface area contributed by atoms with E-state index in [1.807, 2.05) is 6.26 Å². The van der Waals surface area contributed by atoms with E-state index in [-0.39, 0.29) is 0 Å². The van der Waals surface area contributed by atoms with Crippen LogP contribution in [-0.2, 0) is 13.1 Å². The van der Waals surface area contributed by atoms with Crippen molar-refractivity contribution in [2.75, 3.05) is 13.6 Å². The Morgan fingerprint density at radius 1 is 1.44 bits per heavy atom. The van der Waals surface area contributed by atoms with Gasteiger partial charge < -0.3 is 9.73 Å². The number of hydrogen-bond donors (Lipinski definition) is 1. The molecule has 102 valence electrons. The normalized spacial score (nSPS) is 15.8. The summed E-state index contributed by atoms with van der Waals surface area (Å²) in [4.78, 5) is 2.33. The SMILES string of the molecule is CC(C)CCN(C)Cc1cc(CNC2CC2)co1. The molecule has 0 unspecified atom stereocenters. The number of furan rings is 1. The van der Waals surface area contributed by atoms with E-state index in [4.69, 9.17) is 4.42 Å². The molecule has 1 aromatic rings. The molecule has 2 rings (SSSR count). The van der Waals surface area contributed by atoms with Crippen molar-refractivity contribution in [1.82, 2.24) is 10.2 Å². The smallest absolute Gasteiger partial charge is 0.118 e. The highest BCUT2D eigenvalue weighted by molar-refractivity contribution is 5.13. The van der Waals surface area contributed by atoms with Gasteiger partial charge in [-0.2, -0.15) is 0 Å². The van der Waals surface area contributed by atoms with Crippen LogP contribution in [0.2, 0.25) is 0 Å². The van der Waals surface area contributed by atoms with Gasteiger partial charge in [-0.05, 0) is 44.8 Å². The maximum atomic E-state index is 5.61. The Bertz CT molecular complexity index is 355. The van der Waals surface area contributed by atoms with Gasteiger partial charge in [-0.25, -0.2) is 0 Å². The second-order valence-electron chi connectivity index (χ2n) is 6.00. The average Bonchev–Trinajstić information content (AvgIpc) is 3.05. The molecule has 1 heterocycles. The van der Waals surface area contributed by atoms with Crippen LogP contribution < -0.4 is 5.32 Å². The van der Waals surface area contributed by atoms with Crippen molar-refractivity contribution >= 4 is 0 Å². The fraction of sp³-hybridized carbons (Fsp3) is 0.733. The fourth-order valence-electron chi connectivity index (χ4n) is 1.98. The van der Waals surface area contributed by atoms with Gasteiger partial charge >= 0.3 is 0 Å². The van der Waals surface area contributed by atoms with Crippen LogP contribution in [0.5, 0.6) is 0 Å². The van der Waals surface area contributed by atoms with E-state index in [0.29, 0.717) is 0 Å². The van der Waals surface area contributed by atoms with E-state index in [1.54, 1.807) is 0 Å². The van der Waals surface area contributed by atoms with Gasteiger partial charge in [0.2, 0.25) is 0 Å². The summed E-state index contributed by atoms with van der Waals surface area (Å²) in [5.41, 5.74) is 1.27. The summed E-state index contributed by atoms with van der Waals surface area (Å²) in [5.74, 6) is 1.84. The molecule has 0 bridgehead atoms. The van der Waals surface area contributed by atoms with Crippen LogP contribution in [0, 0.1) is 5.92 Å². The molecule has 1 saturated carbocycles. The zero-order chi connectivity index (χ0) is 13.0. The first-order valence-corrected chi connectivity index (χ1v) is 7.11. The van der Waals surface area contributed by atoms with Crippen LogP contribution >= 0.6 is 0 Å². The summed E-state index contributed by atoms with van der Waals surface area (Å²) in [6.45, 7) is 7.53. The van der Waals surface area contributed by atoms with Crippen molar-refractivity contribution < 1.29 is 4.42 Å². The van der Waals surface area contributed by atoms with Crippen molar-refractivity contribution in [3.8, 4) is 0 Å². The first-order valence-electron chi connectivity index (χ1n) is 7.11. The molecule has 0 aromatic carbocycles. The van der Waals surface area contributed by atoms with Gasteiger partial charge in [0.1, 0.15) is 5.76 Å². The predicted molar refractivity (Wildman–Crippen MR) is 74.4 cm³/mol. The van der Waals surface area contributed by atoms with Crippen molar-refractivity contribution in [3.63, 3.8) is 0 Å². The van der Waals surface area contributed by atoms with E-state index in [9.17, 15) is 0 Å². The molecule has 1 aromatic heterocycles. The highest BCUT2D eigenvalue weighted by atomic mass is 16.3. The van der Waals surface area contributed by atoms with Gasteiger partial charge in [-0.15, -0.1) is 0 Å². The summed E-state index contributed by atoms with van der Waals surface area (Å²) in [6.07, 6.45) is 5.81. The Morgan fingerprint density at radius 3 is 2.89 bits per heavy atom. The van der Waals surface area contributed by atoms with Gasteiger partial charge in [-0.3, -0.25) is 4.90 Å². The Kier molecular flexibility index (Phi) is 4.84. The third-order valence-electron chi connectivity index (χ3n) is 3.39. The molecule has 3 nitrogen and oxygen atoms in total. The van der Waals surface area contributed by atoms with Gasteiger partial charge in [-0.1, -0.05) is 13.8 Å². The maximum absolute atomic E-state index is 5.61. The highest BCUT2D eigenvalue weighted by Gasteiger charge is 2.20. The molecule has 0 atom stereocenters. The molecule has 1 aliphatic rings. The highest BCUT2D eigenvalue weighted by Crippen LogP contribution is 2.20. The number of nitrogens with one attached hydrogen (secondary N) is 1. The summed E-state index contributed by atoms with van der Waals surface area (Å²) in [7, 11) is 2.16. The first-order chi connectivity index (χ1) is 8.63. The Hall–Kier alpha value is -0.800. The maximum Gasteiger partial charge on any atom is 0.118 e. The van der Waals surface area contributed by atoms with Crippen LogP contribution in [0.4, 0.5) is 0 Å². The minimum absolute atomic E-state index is 0.761. The molecule has 0 radical (unpaired) electrons. The van der Waals surface area contributed by atoms with Gasteiger partial charge in [0, 0.05) is 18.2 Å². The average molecular weight is 250 g/mol. The molecule has 0 aliphatic heterocycles. The standard InChI is InChI=1S/C15H26N2O/c1-12(2)6-7-17(3)10-15-8-13(11-18-15)9-16-14-4-5-14/h8,11-12,14,16H,4-7,9-10H2,1-3H3. The Balaban J connectivity index is 1.71. The van der Waals surface area contributed by atoms with Crippen LogP contribution in [0.25, 0.3) is 0 Å². The van der Waals surface area contributed by atoms with E-state index < -0.39 is 0 Å². The van der Waals surface area contributed by atoms with E-state index in [0.717, 1.165) is 37.4 Å². The van der Waals surface area contributed by atoms with Crippen LogP contribution in [0.1, 0.15) is 44.4 Å². The number of nitrogens with zero attached hydrogens (tertiary/aromatic N) is 1. The first kappa shape index (κ1) is 13.6. The summed E-state index contributed by atoms with van der Waals surface area (Å²) >= 11 is 0. The lowest BCUT2D eigenvalue weighted by atomic mass is 10.1. The molecule has 1 fully saturated rings. The third kappa shape index (κ3) is 4.83. The molecular formula is C15H26N2O. The largest absolute Gasteiger partial charge is 0.468 e. The zero-order valence-corrected chi connectivity index (χ0v) is 11.9. The minimum Gasteiger partial charge on any atom is -0.468 e. The lowest BCUT2D eigenvalue weighted by Crippen LogP contribution is -2.20. The molecule has 18 heavy (non-hydrogen) atoms. The van der Waals surface area contributed by atoms with E-state index in [1.165, 1.54) is 24.8 Å². The minimum atomic E-state index is 0.761.